The van der Waals surface area contributed by atoms with Gasteiger partial charge in [-0.2, -0.15) is 5.10 Å². The molecule has 1 aromatic heterocycles. The van der Waals surface area contributed by atoms with Gasteiger partial charge in [-0.1, -0.05) is 29.8 Å². The number of carbonyl (C=O) groups excluding carboxylic acids is 1. The minimum Gasteiger partial charge on any atom is -0.497 e. The molecular weight excluding hydrogens is 490 g/mol. The number of nitrogens with zero attached hydrogens (tertiary/aromatic N) is 3. The maximum Gasteiger partial charge on any atom is 0.254 e. The molecule has 0 unspecified atom stereocenters. The van der Waals surface area contributed by atoms with Gasteiger partial charge in [0.25, 0.3) is 5.91 Å². The third-order valence-electron chi connectivity index (χ3n) is 6.38. The highest BCUT2D eigenvalue weighted by atomic mass is 35.5. The Morgan fingerprint density at radius 3 is 2.41 bits per heavy atom. The number of aromatic nitrogens is 2. The van der Waals surface area contributed by atoms with Crippen molar-refractivity contribution >= 4 is 17.5 Å². The number of para-hydroxylation sites is 2. The fourth-order valence-electron chi connectivity index (χ4n) is 4.23. The van der Waals surface area contributed by atoms with Crippen LogP contribution in [0.4, 0.5) is 0 Å². The highest BCUT2D eigenvalue weighted by Crippen LogP contribution is 2.38. The quantitative estimate of drug-likeness (QED) is 0.255. The van der Waals surface area contributed by atoms with Gasteiger partial charge in [-0.05, 0) is 74.4 Å². The Morgan fingerprint density at radius 2 is 1.73 bits per heavy atom. The van der Waals surface area contributed by atoms with Crippen molar-refractivity contribution in [2.24, 2.45) is 0 Å². The molecule has 1 aliphatic carbocycles. The molecule has 0 aliphatic heterocycles. The molecule has 5 rings (SSSR count). The SMILES string of the molecule is COc1cccc(C(=O)N(Cc2c(C)nn(-c3ccc(Cl)cc3)c2Oc2ccccc2OC)C2CC2)c1. The van der Waals surface area contributed by atoms with E-state index >= 15 is 0 Å². The predicted molar refractivity (Wildman–Crippen MR) is 142 cm³/mol. The van der Waals surface area contributed by atoms with Gasteiger partial charge in [-0.3, -0.25) is 4.79 Å². The van der Waals surface area contributed by atoms with E-state index in [-0.39, 0.29) is 11.9 Å². The molecule has 0 bridgehead atoms. The van der Waals surface area contributed by atoms with Crippen molar-refractivity contribution in [1.29, 1.82) is 0 Å². The summed E-state index contributed by atoms with van der Waals surface area (Å²) >= 11 is 6.14. The summed E-state index contributed by atoms with van der Waals surface area (Å²) in [4.78, 5) is 15.6. The molecule has 3 aromatic carbocycles. The van der Waals surface area contributed by atoms with E-state index < -0.39 is 0 Å². The van der Waals surface area contributed by atoms with E-state index in [1.165, 1.54) is 0 Å². The lowest BCUT2D eigenvalue weighted by Crippen LogP contribution is -2.32. The Bertz CT molecular complexity index is 1410. The van der Waals surface area contributed by atoms with Crippen LogP contribution in [0.5, 0.6) is 23.1 Å². The minimum atomic E-state index is -0.0525. The molecule has 0 radical (unpaired) electrons. The van der Waals surface area contributed by atoms with Crippen LogP contribution in [0.3, 0.4) is 0 Å². The van der Waals surface area contributed by atoms with Crippen LogP contribution in [-0.2, 0) is 6.54 Å². The fraction of sp³-hybridized carbons (Fsp3) is 0.241. The molecule has 4 aromatic rings. The second-order valence-corrected chi connectivity index (χ2v) is 9.34. The number of hydrogen-bond acceptors (Lipinski definition) is 5. The number of hydrogen-bond donors (Lipinski definition) is 0. The average Bonchev–Trinajstić information content (AvgIpc) is 3.72. The summed E-state index contributed by atoms with van der Waals surface area (Å²) < 4.78 is 19.1. The van der Waals surface area contributed by atoms with Gasteiger partial charge in [0.2, 0.25) is 5.88 Å². The van der Waals surface area contributed by atoms with E-state index in [1.807, 2.05) is 78.6 Å². The second kappa shape index (κ2) is 10.6. The molecular formula is C29H28ClN3O4. The molecule has 0 saturated heterocycles. The maximum absolute atomic E-state index is 13.7. The van der Waals surface area contributed by atoms with Crippen LogP contribution in [0.25, 0.3) is 5.69 Å². The molecule has 190 valence electrons. The Hall–Kier alpha value is -3.97. The Labute approximate surface area is 221 Å². The van der Waals surface area contributed by atoms with Crippen LogP contribution < -0.4 is 14.2 Å². The summed E-state index contributed by atoms with van der Waals surface area (Å²) in [5, 5.41) is 5.43. The van der Waals surface area contributed by atoms with Crippen molar-refractivity contribution in [3.05, 3.63) is 94.6 Å². The third-order valence-corrected chi connectivity index (χ3v) is 6.63. The number of amides is 1. The summed E-state index contributed by atoms with van der Waals surface area (Å²) in [6.45, 7) is 2.28. The first kappa shape index (κ1) is 24.7. The van der Waals surface area contributed by atoms with Gasteiger partial charge in [0.1, 0.15) is 5.75 Å². The molecule has 0 N–H and O–H groups in total. The number of benzene rings is 3. The lowest BCUT2D eigenvalue weighted by Gasteiger charge is -2.23. The first-order chi connectivity index (χ1) is 18.0. The van der Waals surface area contributed by atoms with Crippen LogP contribution >= 0.6 is 11.6 Å². The van der Waals surface area contributed by atoms with Crippen LogP contribution in [0.2, 0.25) is 5.02 Å². The van der Waals surface area contributed by atoms with Gasteiger partial charge < -0.3 is 19.1 Å². The molecule has 0 spiro atoms. The fourth-order valence-corrected chi connectivity index (χ4v) is 4.36. The van der Waals surface area contributed by atoms with Gasteiger partial charge in [-0.25, -0.2) is 4.68 Å². The summed E-state index contributed by atoms with van der Waals surface area (Å²) in [6.07, 6.45) is 1.92. The summed E-state index contributed by atoms with van der Waals surface area (Å²) in [6, 6.07) is 22.3. The third kappa shape index (κ3) is 5.27. The van der Waals surface area contributed by atoms with E-state index in [0.29, 0.717) is 40.3 Å². The lowest BCUT2D eigenvalue weighted by molar-refractivity contribution is 0.0728. The molecule has 1 saturated carbocycles. The zero-order valence-electron chi connectivity index (χ0n) is 21.0. The van der Waals surface area contributed by atoms with Gasteiger partial charge in [0, 0.05) is 16.6 Å². The predicted octanol–water partition coefficient (Wildman–Crippen LogP) is 6.45. The molecule has 1 fully saturated rings. The molecule has 1 heterocycles. The molecule has 1 aliphatic rings. The van der Waals surface area contributed by atoms with Crippen molar-refractivity contribution in [2.75, 3.05) is 14.2 Å². The number of carbonyl (C=O) groups is 1. The number of halogens is 1. The van der Waals surface area contributed by atoms with E-state index in [4.69, 9.17) is 30.9 Å². The second-order valence-electron chi connectivity index (χ2n) is 8.91. The Morgan fingerprint density at radius 1 is 1.00 bits per heavy atom. The highest BCUT2D eigenvalue weighted by molar-refractivity contribution is 6.30. The first-order valence-electron chi connectivity index (χ1n) is 12.1. The number of aryl methyl sites for hydroxylation is 1. The van der Waals surface area contributed by atoms with Crippen molar-refractivity contribution in [3.63, 3.8) is 0 Å². The molecule has 8 heteroatoms. The smallest absolute Gasteiger partial charge is 0.254 e. The van der Waals surface area contributed by atoms with E-state index in [1.54, 1.807) is 25.0 Å². The summed E-state index contributed by atoms with van der Waals surface area (Å²) in [5.74, 6) is 2.27. The number of rotatable bonds is 9. The van der Waals surface area contributed by atoms with Crippen molar-refractivity contribution in [1.82, 2.24) is 14.7 Å². The number of methoxy groups -OCH3 is 2. The molecule has 1 amide bonds. The van der Waals surface area contributed by atoms with Crippen LogP contribution in [-0.4, -0.2) is 40.8 Å². The largest absolute Gasteiger partial charge is 0.497 e. The van der Waals surface area contributed by atoms with Gasteiger partial charge in [-0.15, -0.1) is 0 Å². The van der Waals surface area contributed by atoms with E-state index in [0.717, 1.165) is 29.8 Å². The van der Waals surface area contributed by atoms with Gasteiger partial charge in [0.15, 0.2) is 11.5 Å². The monoisotopic (exact) mass is 517 g/mol. The Kier molecular flexibility index (Phi) is 7.06. The average molecular weight is 518 g/mol. The lowest BCUT2D eigenvalue weighted by atomic mass is 10.1. The van der Waals surface area contributed by atoms with Crippen LogP contribution in [0.1, 0.15) is 34.5 Å². The van der Waals surface area contributed by atoms with Gasteiger partial charge in [0.05, 0.1) is 37.7 Å². The Balaban J connectivity index is 1.57. The summed E-state index contributed by atoms with van der Waals surface area (Å²) in [5.41, 5.74) is 2.97. The zero-order valence-corrected chi connectivity index (χ0v) is 21.7. The molecule has 7 nitrogen and oxygen atoms in total. The van der Waals surface area contributed by atoms with Crippen molar-refractivity contribution in [2.45, 2.75) is 32.4 Å². The maximum atomic E-state index is 13.7. The standard InChI is InChI=1S/C29H28ClN3O4/c1-19-25(18-32(22-15-16-22)28(34)20-7-6-8-24(17-20)35-2)29(37-27-10-5-4-9-26(27)36-3)33(31-19)23-13-11-21(30)12-14-23/h4-14,17,22H,15-16,18H2,1-3H3. The molecule has 0 atom stereocenters. The molecule has 37 heavy (non-hydrogen) atoms. The first-order valence-corrected chi connectivity index (χ1v) is 12.5. The van der Waals surface area contributed by atoms with Crippen LogP contribution in [0.15, 0.2) is 72.8 Å². The minimum absolute atomic E-state index is 0.0525. The topological polar surface area (TPSA) is 65.8 Å². The zero-order chi connectivity index (χ0) is 25.9. The van der Waals surface area contributed by atoms with Gasteiger partial charge >= 0.3 is 0 Å². The highest BCUT2D eigenvalue weighted by Gasteiger charge is 2.35. The van der Waals surface area contributed by atoms with Crippen molar-refractivity contribution < 1.29 is 19.0 Å². The number of ether oxygens (including phenoxy) is 3. The normalized spacial score (nSPS) is 12.8. The summed E-state index contributed by atoms with van der Waals surface area (Å²) in [7, 11) is 3.20. The van der Waals surface area contributed by atoms with Crippen LogP contribution in [0, 0.1) is 6.92 Å². The van der Waals surface area contributed by atoms with E-state index in [2.05, 4.69) is 0 Å². The van der Waals surface area contributed by atoms with Crippen molar-refractivity contribution in [3.8, 4) is 28.8 Å². The van der Waals surface area contributed by atoms with E-state index in [9.17, 15) is 4.79 Å².